The molecule has 0 spiro atoms. The first-order chi connectivity index (χ1) is 25.2. The first-order valence-corrected chi connectivity index (χ1v) is 16.3. The SMILES string of the molecule is c1cnc2c(c1)cc(Oc1cc(Oc3cc4cccnc4c4ncccc34)cc(Oc3cc4cccnc4c4ncccc34)c1)c1cccnc12. The molecule has 0 unspecified atom stereocenters. The molecule has 0 saturated heterocycles. The summed E-state index contributed by atoms with van der Waals surface area (Å²) in [5.41, 5.74) is 4.67. The van der Waals surface area contributed by atoms with Crippen LogP contribution >= 0.6 is 0 Å². The number of fused-ring (bicyclic) bond motifs is 9. The van der Waals surface area contributed by atoms with Gasteiger partial charge in [0.2, 0.25) is 0 Å². The number of ether oxygens (including phenoxy) is 3. The molecule has 0 bridgehead atoms. The Morgan fingerprint density at radius 2 is 0.569 bits per heavy atom. The van der Waals surface area contributed by atoms with Crippen LogP contribution in [0, 0.1) is 0 Å². The lowest BCUT2D eigenvalue weighted by molar-refractivity contribution is 0.445. The number of aromatic nitrogens is 6. The number of benzene rings is 4. The standard InChI is InChI=1S/C42H24N6O3/c1-7-25-19-34(31-10-4-16-46-40(31)37(25)43-13-1)49-28-22-29(50-35-20-26-8-2-14-44-38(26)41-32(35)11-5-17-47-41)24-30(23-28)51-36-21-27-9-3-15-45-39(27)42-33(36)12-6-18-48-42/h1-24H. The highest BCUT2D eigenvalue weighted by Gasteiger charge is 2.17. The van der Waals surface area contributed by atoms with Gasteiger partial charge in [0, 0.05) is 87.7 Å². The topological polar surface area (TPSA) is 105 Å². The van der Waals surface area contributed by atoms with Crippen molar-refractivity contribution in [1.29, 1.82) is 0 Å². The van der Waals surface area contributed by atoms with Gasteiger partial charge in [-0.1, -0.05) is 18.2 Å². The fourth-order valence-electron chi connectivity index (χ4n) is 6.59. The van der Waals surface area contributed by atoms with Crippen molar-refractivity contribution in [1.82, 2.24) is 29.9 Å². The number of rotatable bonds is 6. The zero-order valence-electron chi connectivity index (χ0n) is 26.8. The van der Waals surface area contributed by atoms with Crippen molar-refractivity contribution in [3.05, 3.63) is 146 Å². The minimum atomic E-state index is 0.505. The van der Waals surface area contributed by atoms with E-state index in [2.05, 4.69) is 29.9 Å². The van der Waals surface area contributed by atoms with Crippen molar-refractivity contribution >= 4 is 65.4 Å². The lowest BCUT2D eigenvalue weighted by Gasteiger charge is -2.16. The summed E-state index contributed by atoms with van der Waals surface area (Å²) < 4.78 is 20.1. The molecule has 4 aromatic carbocycles. The monoisotopic (exact) mass is 660 g/mol. The minimum absolute atomic E-state index is 0.505. The number of nitrogens with zero attached hydrogens (tertiary/aromatic N) is 6. The summed E-state index contributed by atoms with van der Waals surface area (Å²) in [4.78, 5) is 27.7. The summed E-state index contributed by atoms with van der Waals surface area (Å²) in [6, 6.07) is 34.8. The Kier molecular flexibility index (Phi) is 6.60. The van der Waals surface area contributed by atoms with E-state index in [0.29, 0.717) is 34.5 Å². The van der Waals surface area contributed by atoms with Crippen LogP contribution in [0.4, 0.5) is 0 Å². The molecule has 10 aromatic rings. The van der Waals surface area contributed by atoms with E-state index in [1.165, 1.54) is 0 Å². The molecule has 0 amide bonds. The van der Waals surface area contributed by atoms with Gasteiger partial charge in [0.15, 0.2) is 0 Å². The van der Waals surface area contributed by atoms with Gasteiger partial charge in [0.25, 0.3) is 0 Å². The van der Waals surface area contributed by atoms with E-state index < -0.39 is 0 Å². The largest absolute Gasteiger partial charge is 0.456 e. The molecule has 0 N–H and O–H groups in total. The molecule has 6 heterocycles. The van der Waals surface area contributed by atoms with Gasteiger partial charge in [0.05, 0.1) is 16.6 Å². The summed E-state index contributed by atoms with van der Waals surface area (Å²) in [6.45, 7) is 0. The Hall–Kier alpha value is -7.26. The summed E-state index contributed by atoms with van der Waals surface area (Å²) in [5, 5.41) is 5.22. The van der Waals surface area contributed by atoms with Crippen LogP contribution in [0.2, 0.25) is 0 Å². The van der Waals surface area contributed by atoms with E-state index >= 15 is 0 Å². The van der Waals surface area contributed by atoms with Crippen LogP contribution in [0.5, 0.6) is 34.5 Å². The Bertz CT molecular complexity index is 2650. The lowest BCUT2D eigenvalue weighted by Crippen LogP contribution is -1.95. The summed E-state index contributed by atoms with van der Waals surface area (Å²) >= 11 is 0. The fourth-order valence-corrected chi connectivity index (χ4v) is 6.59. The van der Waals surface area contributed by atoms with Crippen molar-refractivity contribution in [2.24, 2.45) is 0 Å². The van der Waals surface area contributed by atoms with Crippen molar-refractivity contribution in [2.75, 3.05) is 0 Å². The summed E-state index contributed by atoms with van der Waals surface area (Å²) in [5.74, 6) is 3.39. The molecule has 9 heteroatoms. The molecule has 0 aliphatic carbocycles. The Morgan fingerprint density at radius 1 is 0.294 bits per heavy atom. The van der Waals surface area contributed by atoms with Crippen LogP contribution in [-0.4, -0.2) is 29.9 Å². The van der Waals surface area contributed by atoms with Crippen molar-refractivity contribution in [2.45, 2.75) is 0 Å². The van der Waals surface area contributed by atoms with Gasteiger partial charge in [-0.2, -0.15) is 0 Å². The first kappa shape index (κ1) is 28.7. The Morgan fingerprint density at radius 3 is 0.882 bits per heavy atom. The third kappa shape index (κ3) is 5.03. The normalized spacial score (nSPS) is 11.5. The van der Waals surface area contributed by atoms with E-state index in [-0.39, 0.29) is 0 Å². The maximum atomic E-state index is 6.70. The van der Waals surface area contributed by atoms with Crippen LogP contribution in [-0.2, 0) is 0 Å². The third-order valence-corrected chi connectivity index (χ3v) is 8.81. The summed E-state index contributed by atoms with van der Waals surface area (Å²) in [7, 11) is 0. The van der Waals surface area contributed by atoms with Gasteiger partial charge in [-0.3, -0.25) is 29.9 Å². The molecule has 0 aliphatic rings. The molecule has 51 heavy (non-hydrogen) atoms. The first-order valence-electron chi connectivity index (χ1n) is 16.3. The average Bonchev–Trinajstić information content (AvgIpc) is 3.18. The van der Waals surface area contributed by atoms with Crippen LogP contribution in [0.1, 0.15) is 0 Å². The van der Waals surface area contributed by atoms with E-state index in [0.717, 1.165) is 65.4 Å². The highest BCUT2D eigenvalue weighted by atomic mass is 16.5. The predicted octanol–water partition coefficient (Wildman–Crippen LogP) is 10.4. The van der Waals surface area contributed by atoms with Crippen molar-refractivity contribution in [3.8, 4) is 34.5 Å². The van der Waals surface area contributed by atoms with E-state index in [9.17, 15) is 0 Å². The second-order valence-corrected chi connectivity index (χ2v) is 12.0. The van der Waals surface area contributed by atoms with E-state index in [1.807, 2.05) is 109 Å². The van der Waals surface area contributed by atoms with Crippen LogP contribution in [0.3, 0.4) is 0 Å². The van der Waals surface area contributed by atoms with Crippen LogP contribution < -0.4 is 14.2 Å². The minimum Gasteiger partial charge on any atom is -0.456 e. The Labute approximate surface area is 289 Å². The van der Waals surface area contributed by atoms with Crippen molar-refractivity contribution in [3.63, 3.8) is 0 Å². The molecule has 0 aliphatic heterocycles. The van der Waals surface area contributed by atoms with Crippen molar-refractivity contribution < 1.29 is 14.2 Å². The third-order valence-electron chi connectivity index (χ3n) is 8.81. The van der Waals surface area contributed by atoms with Gasteiger partial charge in [0.1, 0.15) is 51.0 Å². The number of hydrogen-bond donors (Lipinski definition) is 0. The molecule has 0 fully saturated rings. The Balaban J connectivity index is 1.14. The van der Waals surface area contributed by atoms with Crippen LogP contribution in [0.15, 0.2) is 146 Å². The predicted molar refractivity (Wildman–Crippen MR) is 198 cm³/mol. The van der Waals surface area contributed by atoms with Gasteiger partial charge in [-0.05, 0) is 72.8 Å². The highest BCUT2D eigenvalue weighted by molar-refractivity contribution is 6.08. The van der Waals surface area contributed by atoms with Gasteiger partial charge in [-0.25, -0.2) is 0 Å². The van der Waals surface area contributed by atoms with E-state index in [1.54, 1.807) is 37.2 Å². The van der Waals surface area contributed by atoms with Gasteiger partial charge >= 0.3 is 0 Å². The second-order valence-electron chi connectivity index (χ2n) is 12.0. The number of pyridine rings is 6. The zero-order valence-corrected chi connectivity index (χ0v) is 26.8. The van der Waals surface area contributed by atoms with E-state index in [4.69, 9.17) is 14.2 Å². The molecular weight excluding hydrogens is 637 g/mol. The molecular formula is C42H24N6O3. The molecule has 0 saturated carbocycles. The molecule has 10 rings (SSSR count). The van der Waals surface area contributed by atoms with Crippen LogP contribution in [0.25, 0.3) is 65.4 Å². The molecule has 9 nitrogen and oxygen atoms in total. The smallest absolute Gasteiger partial charge is 0.137 e. The van der Waals surface area contributed by atoms with Gasteiger partial charge in [-0.15, -0.1) is 0 Å². The van der Waals surface area contributed by atoms with Gasteiger partial charge < -0.3 is 14.2 Å². The highest BCUT2D eigenvalue weighted by Crippen LogP contribution is 2.42. The fraction of sp³-hybridized carbons (Fsp3) is 0. The molecule has 0 radical (unpaired) electrons. The second kappa shape index (κ2) is 11.7. The lowest BCUT2D eigenvalue weighted by atomic mass is 10.1. The number of hydrogen-bond acceptors (Lipinski definition) is 9. The molecule has 0 atom stereocenters. The average molecular weight is 661 g/mol. The molecule has 240 valence electrons. The maximum absolute atomic E-state index is 6.70. The molecule has 6 aromatic heterocycles. The summed E-state index contributed by atoms with van der Waals surface area (Å²) in [6.07, 6.45) is 10.6. The maximum Gasteiger partial charge on any atom is 0.137 e. The zero-order chi connectivity index (χ0) is 33.7. The quantitative estimate of drug-likeness (QED) is 0.161.